The quantitative estimate of drug-likeness (QED) is 0.920. The van der Waals surface area contributed by atoms with Crippen molar-refractivity contribution in [1.82, 2.24) is 5.32 Å². The number of hydrogen-bond donors (Lipinski definition) is 1. The SMILES string of the molecule is COc1ccc2c(c1)[C@H](NC1C[C@H](C)O[C@@H](C)C1)CCS2. The predicted molar refractivity (Wildman–Crippen MR) is 87.2 cm³/mol. The molecule has 116 valence electrons. The molecule has 3 nitrogen and oxygen atoms in total. The van der Waals surface area contributed by atoms with E-state index < -0.39 is 0 Å². The van der Waals surface area contributed by atoms with Crippen LogP contribution in [0.25, 0.3) is 0 Å². The average Bonchev–Trinajstić information content (AvgIpc) is 2.46. The molecular weight excluding hydrogens is 282 g/mol. The first-order valence-corrected chi connectivity index (χ1v) is 8.86. The third-order valence-corrected chi connectivity index (χ3v) is 5.51. The lowest BCUT2D eigenvalue weighted by atomic mass is 9.96. The van der Waals surface area contributed by atoms with E-state index in [2.05, 4.69) is 37.4 Å². The molecule has 0 bridgehead atoms. The van der Waals surface area contributed by atoms with Gasteiger partial charge < -0.3 is 14.8 Å². The second-order valence-electron chi connectivity index (χ2n) is 6.19. The van der Waals surface area contributed by atoms with Gasteiger partial charge in [-0.1, -0.05) is 0 Å². The molecule has 2 aliphatic rings. The van der Waals surface area contributed by atoms with Gasteiger partial charge in [0.25, 0.3) is 0 Å². The molecular formula is C17H25NO2S. The molecule has 1 aromatic carbocycles. The molecule has 2 heterocycles. The minimum atomic E-state index is 0.356. The van der Waals surface area contributed by atoms with Crippen LogP contribution in [0.4, 0.5) is 0 Å². The van der Waals surface area contributed by atoms with Crippen LogP contribution in [-0.4, -0.2) is 31.1 Å². The topological polar surface area (TPSA) is 30.5 Å². The summed E-state index contributed by atoms with van der Waals surface area (Å²) in [6.07, 6.45) is 4.11. The van der Waals surface area contributed by atoms with Gasteiger partial charge in [0.1, 0.15) is 5.75 Å². The highest BCUT2D eigenvalue weighted by Crippen LogP contribution is 2.39. The summed E-state index contributed by atoms with van der Waals surface area (Å²) in [5, 5.41) is 3.88. The molecule has 0 spiro atoms. The molecule has 1 saturated heterocycles. The summed E-state index contributed by atoms with van der Waals surface area (Å²) in [5.74, 6) is 2.14. The van der Waals surface area contributed by atoms with Crippen LogP contribution in [0.5, 0.6) is 5.75 Å². The number of fused-ring (bicyclic) bond motifs is 1. The maximum Gasteiger partial charge on any atom is 0.119 e. The number of benzene rings is 1. The Morgan fingerprint density at radius 1 is 1.24 bits per heavy atom. The van der Waals surface area contributed by atoms with Gasteiger partial charge in [-0.05, 0) is 62.6 Å². The van der Waals surface area contributed by atoms with E-state index in [4.69, 9.17) is 9.47 Å². The summed E-state index contributed by atoms with van der Waals surface area (Å²) in [4.78, 5) is 1.40. The lowest BCUT2D eigenvalue weighted by Crippen LogP contribution is -2.43. The van der Waals surface area contributed by atoms with Crippen molar-refractivity contribution >= 4 is 11.8 Å². The number of ether oxygens (including phenoxy) is 2. The number of rotatable bonds is 3. The first-order valence-electron chi connectivity index (χ1n) is 7.88. The van der Waals surface area contributed by atoms with Gasteiger partial charge in [0, 0.05) is 17.0 Å². The summed E-state index contributed by atoms with van der Waals surface area (Å²) in [7, 11) is 1.74. The van der Waals surface area contributed by atoms with Crippen molar-refractivity contribution in [3.05, 3.63) is 23.8 Å². The van der Waals surface area contributed by atoms with E-state index in [1.807, 2.05) is 11.8 Å². The zero-order valence-electron chi connectivity index (χ0n) is 13.1. The summed E-state index contributed by atoms with van der Waals surface area (Å²) < 4.78 is 11.2. The van der Waals surface area contributed by atoms with Crippen molar-refractivity contribution in [2.75, 3.05) is 12.9 Å². The van der Waals surface area contributed by atoms with Crippen LogP contribution in [0.15, 0.2) is 23.1 Å². The Labute approximate surface area is 131 Å². The monoisotopic (exact) mass is 307 g/mol. The summed E-state index contributed by atoms with van der Waals surface area (Å²) in [6, 6.07) is 7.45. The number of hydrogen-bond acceptors (Lipinski definition) is 4. The Hall–Kier alpha value is -0.710. The van der Waals surface area contributed by atoms with Crippen LogP contribution in [0.1, 0.15) is 44.7 Å². The van der Waals surface area contributed by atoms with Crippen LogP contribution >= 0.6 is 11.8 Å². The minimum Gasteiger partial charge on any atom is -0.497 e. The molecule has 1 N–H and O–H groups in total. The summed E-state index contributed by atoms with van der Waals surface area (Å²) >= 11 is 1.95. The highest BCUT2D eigenvalue weighted by molar-refractivity contribution is 7.99. The van der Waals surface area contributed by atoms with Gasteiger partial charge in [0.15, 0.2) is 0 Å². The number of thioether (sulfide) groups is 1. The van der Waals surface area contributed by atoms with Crippen LogP contribution in [0.2, 0.25) is 0 Å². The van der Waals surface area contributed by atoms with E-state index in [1.54, 1.807) is 7.11 Å². The van der Waals surface area contributed by atoms with Gasteiger partial charge in [-0.2, -0.15) is 0 Å². The third-order valence-electron chi connectivity index (χ3n) is 4.39. The molecule has 0 unspecified atom stereocenters. The zero-order valence-corrected chi connectivity index (χ0v) is 13.9. The molecule has 21 heavy (non-hydrogen) atoms. The maximum absolute atomic E-state index is 5.85. The largest absolute Gasteiger partial charge is 0.497 e. The number of methoxy groups -OCH3 is 1. The molecule has 1 fully saturated rings. The van der Waals surface area contributed by atoms with Crippen LogP contribution < -0.4 is 10.1 Å². The first-order chi connectivity index (χ1) is 10.2. The van der Waals surface area contributed by atoms with E-state index in [-0.39, 0.29) is 0 Å². The van der Waals surface area contributed by atoms with Crippen LogP contribution in [0.3, 0.4) is 0 Å². The van der Waals surface area contributed by atoms with Gasteiger partial charge in [0.05, 0.1) is 19.3 Å². The lowest BCUT2D eigenvalue weighted by Gasteiger charge is -2.36. The molecule has 1 aromatic rings. The molecule has 0 aliphatic carbocycles. The second-order valence-corrected chi connectivity index (χ2v) is 7.32. The van der Waals surface area contributed by atoms with E-state index in [1.165, 1.54) is 22.6 Å². The standard InChI is InChI=1S/C17H25NO2S/c1-11-8-13(9-12(2)20-11)18-16-6-7-21-17-5-4-14(19-3)10-15(16)17/h4-5,10-13,16,18H,6-9H2,1-3H3/t11-,12-,16+/m0/s1. The van der Waals surface area contributed by atoms with Crippen molar-refractivity contribution in [2.45, 2.75) is 62.3 Å². The Morgan fingerprint density at radius 3 is 2.71 bits per heavy atom. The Morgan fingerprint density at radius 2 is 2.00 bits per heavy atom. The molecule has 0 amide bonds. The Bertz CT molecular complexity index is 484. The second kappa shape index (κ2) is 6.59. The van der Waals surface area contributed by atoms with Crippen LogP contribution in [-0.2, 0) is 4.74 Å². The zero-order chi connectivity index (χ0) is 14.8. The van der Waals surface area contributed by atoms with Crippen molar-refractivity contribution < 1.29 is 9.47 Å². The molecule has 3 rings (SSSR count). The minimum absolute atomic E-state index is 0.356. The normalized spacial score (nSPS) is 32.5. The molecule has 0 radical (unpaired) electrons. The third kappa shape index (κ3) is 3.55. The first kappa shape index (κ1) is 15.2. The van der Waals surface area contributed by atoms with Gasteiger partial charge in [0.2, 0.25) is 0 Å². The van der Waals surface area contributed by atoms with Gasteiger partial charge in [-0.15, -0.1) is 11.8 Å². The fourth-order valence-electron chi connectivity index (χ4n) is 3.50. The highest BCUT2D eigenvalue weighted by atomic mass is 32.2. The molecule has 0 saturated carbocycles. The van der Waals surface area contributed by atoms with Gasteiger partial charge in [-0.25, -0.2) is 0 Å². The van der Waals surface area contributed by atoms with Gasteiger partial charge >= 0.3 is 0 Å². The number of nitrogens with one attached hydrogen (secondary N) is 1. The molecule has 0 aromatic heterocycles. The summed E-state index contributed by atoms with van der Waals surface area (Å²) in [5.41, 5.74) is 1.40. The Kier molecular flexibility index (Phi) is 4.77. The highest BCUT2D eigenvalue weighted by Gasteiger charge is 2.29. The van der Waals surface area contributed by atoms with Crippen LogP contribution in [0, 0.1) is 0 Å². The maximum atomic E-state index is 5.85. The van der Waals surface area contributed by atoms with Gasteiger partial charge in [-0.3, -0.25) is 0 Å². The molecule has 4 heteroatoms. The van der Waals surface area contributed by atoms with Crippen molar-refractivity contribution in [2.24, 2.45) is 0 Å². The van der Waals surface area contributed by atoms with E-state index >= 15 is 0 Å². The lowest BCUT2D eigenvalue weighted by molar-refractivity contribution is -0.0437. The van der Waals surface area contributed by atoms with Crippen molar-refractivity contribution in [1.29, 1.82) is 0 Å². The fraction of sp³-hybridized carbons (Fsp3) is 0.647. The molecule has 2 aliphatic heterocycles. The summed E-state index contributed by atoms with van der Waals surface area (Å²) in [6.45, 7) is 4.36. The fourth-order valence-corrected chi connectivity index (χ4v) is 4.60. The van der Waals surface area contributed by atoms with E-state index in [0.717, 1.165) is 18.6 Å². The van der Waals surface area contributed by atoms with E-state index in [9.17, 15) is 0 Å². The predicted octanol–water partition coefficient (Wildman–Crippen LogP) is 3.78. The van der Waals surface area contributed by atoms with Crippen molar-refractivity contribution in [3.63, 3.8) is 0 Å². The average molecular weight is 307 g/mol. The Balaban J connectivity index is 1.75. The van der Waals surface area contributed by atoms with E-state index in [0.29, 0.717) is 24.3 Å². The van der Waals surface area contributed by atoms with Crippen molar-refractivity contribution in [3.8, 4) is 5.75 Å². The smallest absolute Gasteiger partial charge is 0.119 e. The molecule has 3 atom stereocenters.